The van der Waals surface area contributed by atoms with Crippen LogP contribution in [0, 0.1) is 5.92 Å². The van der Waals surface area contributed by atoms with Crippen LogP contribution in [0.15, 0.2) is 48.7 Å². The molecule has 0 bridgehead atoms. The monoisotopic (exact) mass is 422 g/mol. The van der Waals surface area contributed by atoms with E-state index in [1.807, 2.05) is 24.3 Å². The molecule has 7 heteroatoms. The lowest BCUT2D eigenvalue weighted by Gasteiger charge is -2.15. The molecule has 0 fully saturated rings. The van der Waals surface area contributed by atoms with Gasteiger partial charge >= 0.3 is 11.9 Å². The Labute approximate surface area is 181 Å². The zero-order valence-electron chi connectivity index (χ0n) is 18.1. The van der Waals surface area contributed by atoms with Crippen molar-refractivity contribution in [2.75, 3.05) is 25.6 Å². The molecule has 0 saturated heterocycles. The second kappa shape index (κ2) is 9.93. The maximum atomic E-state index is 12.6. The Morgan fingerprint density at radius 1 is 1.06 bits per heavy atom. The van der Waals surface area contributed by atoms with Crippen LogP contribution in [0.1, 0.15) is 41.5 Å². The van der Waals surface area contributed by atoms with Gasteiger partial charge in [0, 0.05) is 17.3 Å². The largest absolute Gasteiger partial charge is 0.493 e. The van der Waals surface area contributed by atoms with Crippen molar-refractivity contribution in [3.05, 3.63) is 59.8 Å². The van der Waals surface area contributed by atoms with Crippen LogP contribution in [0.4, 0.5) is 11.4 Å². The summed E-state index contributed by atoms with van der Waals surface area (Å²) in [7, 11) is 1.32. The second-order valence-corrected chi connectivity index (χ2v) is 7.35. The summed E-state index contributed by atoms with van der Waals surface area (Å²) in [5.74, 6) is 0.218. The molecule has 0 saturated carbocycles. The zero-order chi connectivity index (χ0) is 22.4. The summed E-state index contributed by atoms with van der Waals surface area (Å²) < 4.78 is 15.8. The third-order valence-electron chi connectivity index (χ3n) is 4.49. The average molecular weight is 422 g/mol. The van der Waals surface area contributed by atoms with Crippen molar-refractivity contribution in [3.63, 3.8) is 0 Å². The van der Waals surface area contributed by atoms with Gasteiger partial charge in [-0.1, -0.05) is 13.8 Å². The van der Waals surface area contributed by atoms with Gasteiger partial charge in [-0.25, -0.2) is 9.59 Å². The van der Waals surface area contributed by atoms with Crippen molar-refractivity contribution >= 4 is 34.2 Å². The molecule has 0 radical (unpaired) electrons. The number of carbonyl (C=O) groups is 2. The lowest BCUT2D eigenvalue weighted by atomic mass is 10.1. The normalized spacial score (nSPS) is 10.7. The van der Waals surface area contributed by atoms with E-state index in [2.05, 4.69) is 24.1 Å². The molecule has 2 aromatic carbocycles. The summed E-state index contributed by atoms with van der Waals surface area (Å²) in [5, 5.41) is 3.89. The summed E-state index contributed by atoms with van der Waals surface area (Å²) in [6.45, 7) is 6.78. The van der Waals surface area contributed by atoms with E-state index in [0.29, 0.717) is 34.7 Å². The van der Waals surface area contributed by atoms with Gasteiger partial charge in [0.1, 0.15) is 11.3 Å². The Kier molecular flexibility index (Phi) is 7.07. The zero-order valence-corrected chi connectivity index (χ0v) is 18.1. The first kappa shape index (κ1) is 22.1. The van der Waals surface area contributed by atoms with E-state index < -0.39 is 11.9 Å². The summed E-state index contributed by atoms with van der Waals surface area (Å²) in [6.07, 6.45) is 1.47. The molecule has 1 heterocycles. The first-order valence-corrected chi connectivity index (χ1v) is 10.1. The van der Waals surface area contributed by atoms with Crippen LogP contribution in [0.2, 0.25) is 0 Å². The number of hydrogen-bond donors (Lipinski definition) is 1. The molecule has 1 N–H and O–H groups in total. The maximum absolute atomic E-state index is 12.6. The number of pyridine rings is 1. The van der Waals surface area contributed by atoms with Gasteiger partial charge in [-0.05, 0) is 55.3 Å². The number of benzene rings is 2. The minimum Gasteiger partial charge on any atom is -0.493 e. The number of ether oxygens (including phenoxy) is 3. The smallest absolute Gasteiger partial charge is 0.341 e. The van der Waals surface area contributed by atoms with E-state index >= 15 is 0 Å². The minimum absolute atomic E-state index is 0.237. The van der Waals surface area contributed by atoms with Crippen molar-refractivity contribution in [2.24, 2.45) is 5.92 Å². The van der Waals surface area contributed by atoms with Crippen molar-refractivity contribution in [1.82, 2.24) is 4.98 Å². The number of nitrogens with one attached hydrogen (secondary N) is 1. The van der Waals surface area contributed by atoms with E-state index in [-0.39, 0.29) is 12.2 Å². The molecule has 7 nitrogen and oxygen atoms in total. The van der Waals surface area contributed by atoms with E-state index in [1.54, 1.807) is 25.1 Å². The lowest BCUT2D eigenvalue weighted by Crippen LogP contribution is -2.10. The number of aromatic nitrogens is 1. The Hall–Kier alpha value is -3.61. The summed E-state index contributed by atoms with van der Waals surface area (Å²) in [4.78, 5) is 28.9. The van der Waals surface area contributed by atoms with Crippen molar-refractivity contribution < 1.29 is 23.8 Å². The summed E-state index contributed by atoms with van der Waals surface area (Å²) in [6, 6.07) is 12.4. The van der Waals surface area contributed by atoms with Crippen LogP contribution in [0.3, 0.4) is 0 Å². The van der Waals surface area contributed by atoms with Gasteiger partial charge in [-0.2, -0.15) is 0 Å². The maximum Gasteiger partial charge on any atom is 0.341 e. The molecule has 31 heavy (non-hydrogen) atoms. The number of anilines is 2. The molecule has 162 valence electrons. The number of fused-ring (bicyclic) bond motifs is 1. The first-order valence-electron chi connectivity index (χ1n) is 10.1. The van der Waals surface area contributed by atoms with Crippen LogP contribution in [-0.2, 0) is 9.47 Å². The van der Waals surface area contributed by atoms with Crippen LogP contribution >= 0.6 is 0 Å². The SMILES string of the molecule is CCOC(=O)c1cnc2ccc(C(=O)OC)cc2c1Nc1ccc(OCC(C)C)cc1. The quantitative estimate of drug-likeness (QED) is 0.513. The number of carbonyl (C=O) groups excluding carboxylic acids is 2. The standard InChI is InChI=1S/C24H26N2O5/c1-5-30-24(28)20-13-25-21-11-6-16(23(27)29-4)12-19(21)22(20)26-17-7-9-18(10-8-17)31-14-15(2)3/h6-13,15H,5,14H2,1-4H3,(H,25,26). The third kappa shape index (κ3) is 5.31. The molecule has 3 rings (SSSR count). The summed E-state index contributed by atoms with van der Waals surface area (Å²) in [5.41, 5.74) is 2.51. The van der Waals surface area contributed by atoms with Gasteiger partial charge in [0.15, 0.2) is 0 Å². The molecule has 0 spiro atoms. The predicted octanol–water partition coefficient (Wildman–Crippen LogP) is 4.98. The highest BCUT2D eigenvalue weighted by Crippen LogP contribution is 2.31. The fourth-order valence-corrected chi connectivity index (χ4v) is 2.98. The fourth-order valence-electron chi connectivity index (χ4n) is 2.98. The van der Waals surface area contributed by atoms with Gasteiger partial charge in [0.05, 0.1) is 37.1 Å². The highest BCUT2D eigenvalue weighted by Gasteiger charge is 2.18. The molecule has 0 amide bonds. The average Bonchev–Trinajstić information content (AvgIpc) is 2.78. The Morgan fingerprint density at radius 3 is 2.45 bits per heavy atom. The molecule has 0 aliphatic heterocycles. The Balaban J connectivity index is 2.03. The molecule has 0 aliphatic carbocycles. The topological polar surface area (TPSA) is 86.8 Å². The Morgan fingerprint density at radius 2 is 1.81 bits per heavy atom. The summed E-state index contributed by atoms with van der Waals surface area (Å²) >= 11 is 0. The number of esters is 2. The van der Waals surface area contributed by atoms with Crippen LogP contribution < -0.4 is 10.1 Å². The van der Waals surface area contributed by atoms with Gasteiger partial charge in [0.2, 0.25) is 0 Å². The predicted molar refractivity (Wildman–Crippen MR) is 119 cm³/mol. The molecule has 1 aromatic heterocycles. The highest BCUT2D eigenvalue weighted by molar-refractivity contribution is 6.07. The van der Waals surface area contributed by atoms with Crippen LogP contribution in [0.25, 0.3) is 10.9 Å². The van der Waals surface area contributed by atoms with E-state index in [1.165, 1.54) is 13.3 Å². The number of rotatable bonds is 8. The van der Waals surface area contributed by atoms with E-state index in [9.17, 15) is 9.59 Å². The highest BCUT2D eigenvalue weighted by atomic mass is 16.5. The van der Waals surface area contributed by atoms with Crippen LogP contribution in [0.5, 0.6) is 5.75 Å². The number of nitrogens with zero attached hydrogens (tertiary/aromatic N) is 1. The molecule has 0 aliphatic rings. The molecular formula is C24H26N2O5. The number of methoxy groups -OCH3 is 1. The third-order valence-corrected chi connectivity index (χ3v) is 4.49. The van der Waals surface area contributed by atoms with Crippen LogP contribution in [-0.4, -0.2) is 37.2 Å². The van der Waals surface area contributed by atoms with Crippen molar-refractivity contribution in [2.45, 2.75) is 20.8 Å². The van der Waals surface area contributed by atoms with Crippen molar-refractivity contribution in [1.29, 1.82) is 0 Å². The lowest BCUT2D eigenvalue weighted by molar-refractivity contribution is 0.0526. The molecular weight excluding hydrogens is 396 g/mol. The minimum atomic E-state index is -0.500. The molecule has 3 aromatic rings. The van der Waals surface area contributed by atoms with E-state index in [4.69, 9.17) is 14.2 Å². The van der Waals surface area contributed by atoms with Gasteiger partial charge in [0.25, 0.3) is 0 Å². The fraction of sp³-hybridized carbons (Fsp3) is 0.292. The Bertz CT molecular complexity index is 1080. The molecule has 0 atom stereocenters. The first-order chi connectivity index (χ1) is 14.9. The van der Waals surface area contributed by atoms with Gasteiger partial charge < -0.3 is 19.5 Å². The second-order valence-electron chi connectivity index (χ2n) is 7.35. The number of hydrogen-bond acceptors (Lipinski definition) is 7. The molecule has 0 unspecified atom stereocenters. The van der Waals surface area contributed by atoms with Gasteiger partial charge in [-0.3, -0.25) is 4.98 Å². The van der Waals surface area contributed by atoms with Crippen molar-refractivity contribution in [3.8, 4) is 5.75 Å². The van der Waals surface area contributed by atoms with E-state index in [0.717, 1.165) is 11.4 Å². The van der Waals surface area contributed by atoms with Gasteiger partial charge in [-0.15, -0.1) is 0 Å².